The van der Waals surface area contributed by atoms with Crippen molar-refractivity contribution in [2.75, 3.05) is 7.11 Å². The van der Waals surface area contributed by atoms with Gasteiger partial charge in [-0.3, -0.25) is 4.18 Å². The molecule has 0 aliphatic heterocycles. The Bertz CT molecular complexity index is 621. The van der Waals surface area contributed by atoms with Crippen molar-refractivity contribution in [3.05, 3.63) is 4.13 Å². The molecule has 0 aromatic rings. The summed E-state index contributed by atoms with van der Waals surface area (Å²) in [6.45, 7) is 0. The van der Waals surface area contributed by atoms with E-state index in [-0.39, 0.29) is 7.11 Å². The van der Waals surface area contributed by atoms with Gasteiger partial charge in [0.2, 0.25) is 10.3 Å². The molecular weight excluding hydrogens is 389 g/mol. The van der Waals surface area contributed by atoms with Crippen LogP contribution in [0.5, 0.6) is 0 Å². The summed E-state index contributed by atoms with van der Waals surface area (Å²) in [7, 11) is -13.1. The fraction of sp³-hybridized carbons (Fsp3) is 1.00. The van der Waals surface area contributed by atoms with Crippen LogP contribution in [-0.4, -0.2) is 47.2 Å². The van der Waals surface area contributed by atoms with Gasteiger partial charge in [-0.25, -0.2) is 16.8 Å². The van der Waals surface area contributed by atoms with E-state index in [0.717, 1.165) is 4.13 Å². The highest BCUT2D eigenvalue weighted by Gasteiger charge is 2.84. The first-order valence-corrected chi connectivity index (χ1v) is 7.07. The van der Waals surface area contributed by atoms with Gasteiger partial charge in [0, 0.05) is 0 Å². The molecule has 0 aromatic heterocycles. The molecule has 0 N–H and O–H groups in total. The largest absolute Gasteiger partial charge is 0.460 e. The molecule has 17 heteroatoms. The van der Waals surface area contributed by atoms with Gasteiger partial charge < -0.3 is 4.13 Å². The third kappa shape index (κ3) is 3.25. The normalized spacial score (nSPS) is 15.9. The monoisotopic (exact) mass is 392 g/mol. The van der Waals surface area contributed by atoms with Crippen LogP contribution in [-0.2, 0) is 24.5 Å². The molecule has 0 aliphatic rings. The summed E-state index contributed by atoms with van der Waals surface area (Å²) in [5.41, 5.74) is 0. The molecule has 134 valence electrons. The Hall–Kier alpha value is -0.810. The van der Waals surface area contributed by atoms with E-state index in [1.165, 1.54) is 0 Å². The highest BCUT2D eigenvalue weighted by Crippen LogP contribution is 2.55. The van der Waals surface area contributed by atoms with E-state index in [2.05, 4.69) is 4.18 Å². The molecule has 0 heterocycles. The van der Waals surface area contributed by atoms with Gasteiger partial charge in [-0.05, 0) is 0 Å². The van der Waals surface area contributed by atoms with Crippen LogP contribution >= 0.6 is 0 Å². The molecule has 0 aliphatic carbocycles. The minimum Gasteiger partial charge on any atom is -0.406 e. The van der Waals surface area contributed by atoms with E-state index in [4.69, 9.17) is 0 Å². The third-order valence-corrected chi connectivity index (χ3v) is 4.68. The van der Waals surface area contributed by atoms with Crippen LogP contribution in [0.3, 0.4) is 0 Å². The zero-order chi connectivity index (χ0) is 18.4. The van der Waals surface area contributed by atoms with Crippen LogP contribution in [0.2, 0.25) is 0 Å². The van der Waals surface area contributed by atoms with E-state index in [1.54, 1.807) is 0 Å². The lowest BCUT2D eigenvalue weighted by molar-refractivity contribution is -0.382. The molecule has 0 rings (SSSR count). The van der Waals surface area contributed by atoms with Gasteiger partial charge in [0.1, 0.15) is 0 Å². The van der Waals surface area contributed by atoms with Crippen molar-refractivity contribution in [1.82, 2.24) is 0 Å². The molecule has 0 fully saturated rings. The Morgan fingerprint density at radius 3 is 1.41 bits per heavy atom. The van der Waals surface area contributed by atoms with Crippen LogP contribution in [0.1, 0.15) is 0 Å². The van der Waals surface area contributed by atoms with E-state index in [1.807, 2.05) is 0 Å². The first kappa shape index (κ1) is 21.2. The smallest absolute Gasteiger partial charge is 0.406 e. The molecule has 0 saturated carbocycles. The summed E-state index contributed by atoms with van der Waals surface area (Å²) in [4.78, 5) is 0. The van der Waals surface area contributed by atoms with Crippen molar-refractivity contribution in [3.8, 4) is 0 Å². The van der Waals surface area contributed by atoms with Crippen molar-refractivity contribution in [2.24, 2.45) is 0 Å². The molecule has 0 amide bonds. The molecule has 0 saturated heterocycles. The fourth-order valence-electron chi connectivity index (χ4n) is 0.720. The number of hydrogen-bond donors (Lipinski definition) is 0. The summed E-state index contributed by atoms with van der Waals surface area (Å²) in [6, 6.07) is 0. The molecule has 0 atom stereocenters. The number of rotatable bonds is 6. The second-order valence-electron chi connectivity index (χ2n) is 3.31. The standard InChI is InChI=1S/C5H3F9NO5S2/c1-20-22(18,19)15-21(16,17)5(13,14)3(8,9)2(6,7)4(10,11)12/h1H3/q-1. The van der Waals surface area contributed by atoms with Gasteiger partial charge in [0.25, 0.3) is 0 Å². The van der Waals surface area contributed by atoms with Crippen LogP contribution < -0.4 is 0 Å². The number of sulfonamides is 1. The second kappa shape index (κ2) is 5.38. The van der Waals surface area contributed by atoms with Crippen LogP contribution in [0, 0.1) is 0 Å². The Kier molecular flexibility index (Phi) is 5.18. The van der Waals surface area contributed by atoms with Crippen LogP contribution in [0.15, 0.2) is 0 Å². The predicted molar refractivity (Wildman–Crippen MR) is 49.1 cm³/mol. The van der Waals surface area contributed by atoms with E-state index in [0.29, 0.717) is 0 Å². The predicted octanol–water partition coefficient (Wildman–Crippen LogP) is 2.01. The maximum Gasteiger partial charge on any atom is 0.460 e. The van der Waals surface area contributed by atoms with E-state index >= 15 is 0 Å². The SMILES string of the molecule is COS(=O)(=O)[N-]S(=O)(=O)C(F)(F)C(F)(F)C(F)(F)C(F)(F)F. The molecule has 0 radical (unpaired) electrons. The summed E-state index contributed by atoms with van der Waals surface area (Å²) in [6.07, 6.45) is -7.27. The number of hydrogen-bond acceptors (Lipinski definition) is 5. The van der Waals surface area contributed by atoms with Crippen molar-refractivity contribution >= 4 is 20.3 Å². The summed E-state index contributed by atoms with van der Waals surface area (Å²) in [5, 5.41) is -7.22. The van der Waals surface area contributed by atoms with Gasteiger partial charge in [0.15, 0.2) is 10.0 Å². The Balaban J connectivity index is 6.13. The van der Waals surface area contributed by atoms with Crippen molar-refractivity contribution in [3.63, 3.8) is 0 Å². The average molecular weight is 392 g/mol. The molecule has 0 spiro atoms. The maximum atomic E-state index is 12.9. The fourth-order valence-corrected chi connectivity index (χ4v) is 2.75. The van der Waals surface area contributed by atoms with Gasteiger partial charge >= 0.3 is 23.3 Å². The van der Waals surface area contributed by atoms with Gasteiger partial charge in [0.05, 0.1) is 7.11 Å². The van der Waals surface area contributed by atoms with Gasteiger partial charge in [-0.2, -0.15) is 39.5 Å². The maximum absolute atomic E-state index is 12.9. The Morgan fingerprint density at radius 2 is 1.14 bits per heavy atom. The number of alkyl halides is 9. The highest BCUT2D eigenvalue weighted by atomic mass is 32.3. The third-order valence-electron chi connectivity index (χ3n) is 1.84. The first-order valence-electron chi connectivity index (χ1n) is 4.26. The van der Waals surface area contributed by atoms with Crippen LogP contribution in [0.25, 0.3) is 4.13 Å². The molecule has 0 bridgehead atoms. The summed E-state index contributed by atoms with van der Waals surface area (Å²) < 4.78 is 158. The summed E-state index contributed by atoms with van der Waals surface area (Å²) >= 11 is 0. The van der Waals surface area contributed by atoms with Crippen molar-refractivity contribution in [1.29, 1.82) is 0 Å². The molecule has 0 unspecified atom stereocenters. The molecule has 0 aromatic carbocycles. The Labute approximate surface area is 116 Å². The minimum absolute atomic E-state index is 0.120. The molecule has 22 heavy (non-hydrogen) atoms. The van der Waals surface area contributed by atoms with E-state index in [9.17, 15) is 56.3 Å². The Morgan fingerprint density at radius 1 is 0.773 bits per heavy atom. The van der Waals surface area contributed by atoms with Crippen molar-refractivity contribution in [2.45, 2.75) is 23.3 Å². The first-order chi connectivity index (χ1) is 9.27. The van der Waals surface area contributed by atoms with Gasteiger partial charge in [-0.15, -0.1) is 0 Å². The lowest BCUT2D eigenvalue weighted by Gasteiger charge is -2.36. The van der Waals surface area contributed by atoms with E-state index < -0.39 is 43.6 Å². The quantitative estimate of drug-likeness (QED) is 0.645. The van der Waals surface area contributed by atoms with Gasteiger partial charge in [-0.1, -0.05) is 0 Å². The lowest BCUT2D eigenvalue weighted by Crippen LogP contribution is -2.63. The number of halogens is 9. The second-order valence-corrected chi connectivity index (χ2v) is 6.56. The minimum atomic E-state index is -7.57. The topological polar surface area (TPSA) is 91.6 Å². The average Bonchev–Trinajstić information content (AvgIpc) is 2.25. The number of nitrogens with zero attached hydrogens (tertiary/aromatic N) is 1. The zero-order valence-corrected chi connectivity index (χ0v) is 11.3. The zero-order valence-electron chi connectivity index (χ0n) is 9.71. The summed E-state index contributed by atoms with van der Waals surface area (Å²) in [5.74, 6) is -15.1. The van der Waals surface area contributed by atoms with Crippen molar-refractivity contribution < 1.29 is 60.5 Å². The molecular formula is C5H3F9NO5S2-. The molecule has 6 nitrogen and oxygen atoms in total. The van der Waals surface area contributed by atoms with Crippen LogP contribution in [0.4, 0.5) is 39.5 Å². The highest BCUT2D eigenvalue weighted by molar-refractivity contribution is 8.10. The lowest BCUT2D eigenvalue weighted by atomic mass is 10.1.